The normalized spacial score (nSPS) is 12.1. The minimum atomic E-state index is -0.669. The Bertz CT molecular complexity index is 455. The van der Waals surface area contributed by atoms with E-state index in [2.05, 4.69) is 5.32 Å². The van der Waals surface area contributed by atoms with Gasteiger partial charge in [0.25, 0.3) is 11.8 Å². The largest absolute Gasteiger partial charge is 0.397 e. The molecule has 1 atom stereocenters. The highest BCUT2D eigenvalue weighted by Crippen LogP contribution is 2.35. The number of thiophene rings is 1. The lowest BCUT2D eigenvalue weighted by Crippen LogP contribution is -2.19. The van der Waals surface area contributed by atoms with Crippen LogP contribution in [0.25, 0.3) is 0 Å². The Labute approximate surface area is 103 Å². The molecule has 1 aromatic heterocycles. The van der Waals surface area contributed by atoms with Crippen LogP contribution in [0.3, 0.4) is 0 Å². The van der Waals surface area contributed by atoms with Crippen molar-refractivity contribution in [3.8, 4) is 0 Å². The molecule has 0 saturated heterocycles. The van der Waals surface area contributed by atoms with Crippen molar-refractivity contribution in [3.05, 3.63) is 10.4 Å². The fourth-order valence-corrected chi connectivity index (χ4v) is 2.39. The van der Waals surface area contributed by atoms with E-state index in [1.165, 1.54) is 0 Å². The summed E-state index contributed by atoms with van der Waals surface area (Å²) in [5.74, 6) is -1.33. The van der Waals surface area contributed by atoms with Crippen molar-refractivity contribution < 1.29 is 9.59 Å². The van der Waals surface area contributed by atoms with Crippen LogP contribution in [0.2, 0.25) is 0 Å². The van der Waals surface area contributed by atoms with E-state index in [0.29, 0.717) is 5.00 Å². The molecule has 0 aliphatic rings. The van der Waals surface area contributed by atoms with E-state index in [4.69, 9.17) is 17.2 Å². The van der Waals surface area contributed by atoms with E-state index in [1.807, 2.05) is 13.8 Å². The van der Waals surface area contributed by atoms with Crippen molar-refractivity contribution in [2.45, 2.75) is 26.3 Å². The van der Waals surface area contributed by atoms with Gasteiger partial charge in [0.2, 0.25) is 0 Å². The Balaban J connectivity index is 3.24. The molecule has 1 unspecified atom stereocenters. The number of nitrogens with one attached hydrogen (secondary N) is 1. The van der Waals surface area contributed by atoms with E-state index in [0.717, 1.165) is 17.8 Å². The molecule has 1 aromatic rings. The molecule has 1 heterocycles. The summed E-state index contributed by atoms with van der Waals surface area (Å²) >= 11 is 1.05. The zero-order valence-electron chi connectivity index (χ0n) is 9.74. The van der Waals surface area contributed by atoms with Crippen LogP contribution in [0, 0.1) is 0 Å². The number of hydrogen-bond acceptors (Lipinski definition) is 5. The molecular weight excluding hydrogens is 240 g/mol. The SMILES string of the molecule is CCC(C)Nc1sc(C(N)=O)c(N)c1C(N)=O. The van der Waals surface area contributed by atoms with E-state index >= 15 is 0 Å². The van der Waals surface area contributed by atoms with Crippen LogP contribution >= 0.6 is 11.3 Å². The first-order valence-electron chi connectivity index (χ1n) is 5.16. The first kappa shape index (κ1) is 13.3. The molecule has 0 saturated carbocycles. The predicted molar refractivity (Wildman–Crippen MR) is 69.1 cm³/mol. The topological polar surface area (TPSA) is 124 Å². The maximum absolute atomic E-state index is 11.3. The van der Waals surface area contributed by atoms with E-state index in [1.54, 1.807) is 0 Å². The number of nitrogen functional groups attached to an aromatic ring is 1. The Hall–Kier alpha value is -1.76. The van der Waals surface area contributed by atoms with Crippen molar-refractivity contribution in [2.75, 3.05) is 11.1 Å². The zero-order valence-corrected chi connectivity index (χ0v) is 10.6. The molecule has 0 fully saturated rings. The van der Waals surface area contributed by atoms with Gasteiger partial charge in [-0.25, -0.2) is 0 Å². The van der Waals surface area contributed by atoms with Gasteiger partial charge in [-0.1, -0.05) is 6.92 Å². The summed E-state index contributed by atoms with van der Waals surface area (Å²) in [6.07, 6.45) is 0.863. The van der Waals surface area contributed by atoms with Gasteiger partial charge in [-0.2, -0.15) is 0 Å². The van der Waals surface area contributed by atoms with Crippen molar-refractivity contribution in [1.29, 1.82) is 0 Å². The van der Waals surface area contributed by atoms with Crippen LogP contribution in [0.1, 0.15) is 40.3 Å². The average molecular weight is 256 g/mol. The first-order chi connectivity index (χ1) is 7.88. The molecule has 0 radical (unpaired) electrons. The standard InChI is InChI=1S/C10H16N4O2S/c1-3-4(2)14-10-5(8(12)15)6(11)7(17-10)9(13)16/h4,14H,3,11H2,1-2H3,(H2,12,15)(H2,13,16). The second-order valence-corrected chi connectivity index (χ2v) is 4.75. The Kier molecular flexibility index (Phi) is 3.95. The number of nitrogens with two attached hydrogens (primary N) is 3. The van der Waals surface area contributed by atoms with Crippen LogP contribution < -0.4 is 22.5 Å². The van der Waals surface area contributed by atoms with Crippen molar-refractivity contribution >= 4 is 33.8 Å². The third-order valence-electron chi connectivity index (χ3n) is 2.41. The van der Waals surface area contributed by atoms with Gasteiger partial charge in [0.1, 0.15) is 9.88 Å². The third kappa shape index (κ3) is 2.68. The quantitative estimate of drug-likeness (QED) is 0.620. The monoisotopic (exact) mass is 256 g/mol. The minimum Gasteiger partial charge on any atom is -0.397 e. The zero-order chi connectivity index (χ0) is 13.2. The van der Waals surface area contributed by atoms with E-state index < -0.39 is 11.8 Å². The summed E-state index contributed by atoms with van der Waals surface area (Å²) in [5.41, 5.74) is 16.3. The summed E-state index contributed by atoms with van der Waals surface area (Å²) in [5, 5.41) is 3.59. The Morgan fingerprint density at radius 3 is 2.35 bits per heavy atom. The molecular formula is C10H16N4O2S. The van der Waals surface area contributed by atoms with Gasteiger partial charge in [-0.15, -0.1) is 11.3 Å². The molecule has 0 spiro atoms. The predicted octanol–water partition coefficient (Wildman–Crippen LogP) is 0.739. The van der Waals surface area contributed by atoms with Gasteiger partial charge < -0.3 is 22.5 Å². The van der Waals surface area contributed by atoms with Gasteiger partial charge in [0.05, 0.1) is 11.3 Å². The number of carbonyl (C=O) groups is 2. The number of amides is 2. The molecule has 94 valence electrons. The maximum atomic E-state index is 11.3. The molecule has 0 aliphatic carbocycles. The number of carbonyl (C=O) groups excluding carboxylic acids is 2. The van der Waals surface area contributed by atoms with Crippen molar-refractivity contribution in [2.24, 2.45) is 11.5 Å². The van der Waals surface area contributed by atoms with Crippen LogP contribution in [0.5, 0.6) is 0 Å². The number of anilines is 2. The van der Waals surface area contributed by atoms with Crippen LogP contribution in [-0.4, -0.2) is 17.9 Å². The maximum Gasteiger partial charge on any atom is 0.260 e. The highest BCUT2D eigenvalue weighted by Gasteiger charge is 2.23. The first-order valence-corrected chi connectivity index (χ1v) is 5.98. The molecule has 17 heavy (non-hydrogen) atoms. The second kappa shape index (κ2) is 5.05. The molecule has 0 bridgehead atoms. The van der Waals surface area contributed by atoms with Crippen molar-refractivity contribution in [3.63, 3.8) is 0 Å². The highest BCUT2D eigenvalue weighted by atomic mass is 32.1. The lowest BCUT2D eigenvalue weighted by atomic mass is 10.2. The third-order valence-corrected chi connectivity index (χ3v) is 3.56. The minimum absolute atomic E-state index is 0.0563. The Morgan fingerprint density at radius 2 is 1.94 bits per heavy atom. The van der Waals surface area contributed by atoms with Crippen LogP contribution in [0.15, 0.2) is 0 Å². The summed E-state index contributed by atoms with van der Waals surface area (Å²) < 4.78 is 0. The van der Waals surface area contributed by atoms with Crippen LogP contribution in [0.4, 0.5) is 10.7 Å². The molecule has 1 rings (SSSR count). The summed E-state index contributed by atoms with van der Waals surface area (Å²) in [7, 11) is 0. The molecule has 0 aliphatic heterocycles. The molecule has 7 heteroatoms. The molecule has 7 N–H and O–H groups in total. The highest BCUT2D eigenvalue weighted by molar-refractivity contribution is 7.19. The van der Waals surface area contributed by atoms with Gasteiger partial charge in [-0.05, 0) is 13.3 Å². The van der Waals surface area contributed by atoms with E-state index in [-0.39, 0.29) is 22.2 Å². The number of hydrogen-bond donors (Lipinski definition) is 4. The van der Waals surface area contributed by atoms with Gasteiger partial charge >= 0.3 is 0 Å². The fraction of sp³-hybridized carbons (Fsp3) is 0.400. The second-order valence-electron chi connectivity index (χ2n) is 3.73. The Morgan fingerprint density at radius 1 is 1.35 bits per heavy atom. The summed E-state index contributed by atoms with van der Waals surface area (Å²) in [6, 6.07) is 0.145. The average Bonchev–Trinajstić information content (AvgIpc) is 2.55. The van der Waals surface area contributed by atoms with Crippen molar-refractivity contribution in [1.82, 2.24) is 0 Å². The van der Waals surface area contributed by atoms with E-state index in [9.17, 15) is 9.59 Å². The number of primary amides is 2. The summed E-state index contributed by atoms with van der Waals surface area (Å²) in [4.78, 5) is 22.6. The lowest BCUT2D eigenvalue weighted by Gasteiger charge is -2.11. The van der Waals surface area contributed by atoms with Gasteiger partial charge in [-0.3, -0.25) is 9.59 Å². The lowest BCUT2D eigenvalue weighted by molar-refractivity contribution is 0.0999. The van der Waals surface area contributed by atoms with Gasteiger partial charge in [0, 0.05) is 6.04 Å². The molecule has 2 amide bonds. The molecule has 6 nitrogen and oxygen atoms in total. The molecule has 0 aromatic carbocycles. The number of rotatable bonds is 5. The smallest absolute Gasteiger partial charge is 0.260 e. The fourth-order valence-electron chi connectivity index (χ4n) is 1.30. The van der Waals surface area contributed by atoms with Crippen LogP contribution in [-0.2, 0) is 0 Å². The summed E-state index contributed by atoms with van der Waals surface area (Å²) in [6.45, 7) is 3.94. The van der Waals surface area contributed by atoms with Gasteiger partial charge in [0.15, 0.2) is 0 Å².